The molecule has 1 aliphatic heterocycles. The molecular formula is C25H26N4O2. The van der Waals surface area contributed by atoms with Gasteiger partial charge in [-0.15, -0.1) is 0 Å². The number of aliphatic hydroxyl groups excluding tert-OH is 1. The molecule has 0 saturated carbocycles. The summed E-state index contributed by atoms with van der Waals surface area (Å²) in [5.41, 5.74) is 6.11. The zero-order chi connectivity index (χ0) is 22.1. The lowest BCUT2D eigenvalue weighted by Crippen LogP contribution is -2.48. The Kier molecular flexibility index (Phi) is 5.62. The first-order valence-electron chi connectivity index (χ1n) is 10.5. The summed E-state index contributed by atoms with van der Waals surface area (Å²) in [5.74, 6) is 1.10. The van der Waals surface area contributed by atoms with Gasteiger partial charge in [-0.3, -0.25) is 4.79 Å². The number of aromatic amines is 1. The molecule has 31 heavy (non-hydrogen) atoms. The molecule has 0 spiro atoms. The van der Waals surface area contributed by atoms with Gasteiger partial charge in [0.15, 0.2) is 0 Å². The minimum atomic E-state index is -0.494. The highest BCUT2D eigenvalue weighted by Crippen LogP contribution is 2.31. The molecule has 1 atom stereocenters. The quantitative estimate of drug-likeness (QED) is 0.665. The van der Waals surface area contributed by atoms with E-state index in [0.29, 0.717) is 36.6 Å². The number of likely N-dealkylation sites (tertiary alicyclic amines) is 1. The third kappa shape index (κ3) is 4.23. The Morgan fingerprint density at radius 3 is 2.61 bits per heavy atom. The standard InChI is InChI=1S/C25H26N4O2/c1-15-4-7-20(11-22(15)24-23(10-16(2)30)27-17(3)28-24)25(31)29-13-21(14-29)19-8-5-18(12-26)6-9-19/h4-9,11,16,21,30H,10,13-14H2,1-3H3,(H,27,28). The topological polar surface area (TPSA) is 93.0 Å². The number of nitrogens with zero attached hydrogens (tertiary/aromatic N) is 3. The van der Waals surface area contributed by atoms with E-state index in [1.165, 1.54) is 0 Å². The van der Waals surface area contributed by atoms with Gasteiger partial charge in [-0.2, -0.15) is 5.26 Å². The maximum absolute atomic E-state index is 13.1. The number of aromatic nitrogens is 2. The fourth-order valence-corrected chi connectivity index (χ4v) is 4.08. The molecule has 6 nitrogen and oxygen atoms in total. The maximum Gasteiger partial charge on any atom is 0.253 e. The Labute approximate surface area is 182 Å². The molecule has 3 aromatic rings. The van der Waals surface area contributed by atoms with Gasteiger partial charge in [0.25, 0.3) is 5.91 Å². The second-order valence-electron chi connectivity index (χ2n) is 8.37. The number of hydrogen-bond acceptors (Lipinski definition) is 4. The summed E-state index contributed by atoms with van der Waals surface area (Å²) in [6.07, 6.45) is -0.0396. The van der Waals surface area contributed by atoms with Gasteiger partial charge in [-0.1, -0.05) is 18.2 Å². The average molecular weight is 415 g/mol. The first-order chi connectivity index (χ1) is 14.9. The molecule has 6 heteroatoms. The van der Waals surface area contributed by atoms with Crippen molar-refractivity contribution in [2.45, 2.75) is 39.2 Å². The lowest BCUT2D eigenvalue weighted by molar-refractivity contribution is 0.0602. The SMILES string of the molecule is Cc1nc(CC(C)O)c(-c2cc(C(=O)N3CC(c4ccc(C#N)cc4)C3)ccc2C)[nH]1. The second-order valence-corrected chi connectivity index (χ2v) is 8.37. The van der Waals surface area contributed by atoms with E-state index in [9.17, 15) is 9.90 Å². The first kappa shape index (κ1) is 20.8. The van der Waals surface area contributed by atoms with E-state index in [2.05, 4.69) is 16.0 Å². The molecule has 158 valence electrons. The summed E-state index contributed by atoms with van der Waals surface area (Å²) in [5, 5.41) is 18.8. The third-order valence-electron chi connectivity index (χ3n) is 5.82. The Morgan fingerprint density at radius 1 is 1.26 bits per heavy atom. The van der Waals surface area contributed by atoms with Gasteiger partial charge < -0.3 is 15.0 Å². The largest absolute Gasteiger partial charge is 0.393 e. The predicted octanol–water partition coefficient (Wildman–Crippen LogP) is 3.73. The lowest BCUT2D eigenvalue weighted by atomic mass is 9.90. The number of aryl methyl sites for hydroxylation is 2. The number of hydrogen-bond donors (Lipinski definition) is 2. The molecule has 1 amide bonds. The molecule has 0 aliphatic carbocycles. The summed E-state index contributed by atoms with van der Waals surface area (Å²) in [6, 6.07) is 15.5. The van der Waals surface area contributed by atoms with E-state index < -0.39 is 6.10 Å². The van der Waals surface area contributed by atoms with Crippen molar-refractivity contribution in [3.8, 4) is 17.3 Å². The van der Waals surface area contributed by atoms with Crippen molar-refractivity contribution in [1.29, 1.82) is 5.26 Å². The predicted molar refractivity (Wildman–Crippen MR) is 119 cm³/mol. The number of benzene rings is 2. The molecule has 2 aromatic carbocycles. The van der Waals surface area contributed by atoms with Crippen LogP contribution >= 0.6 is 0 Å². The molecule has 1 fully saturated rings. The zero-order valence-corrected chi connectivity index (χ0v) is 18.0. The smallest absolute Gasteiger partial charge is 0.253 e. The summed E-state index contributed by atoms with van der Waals surface area (Å²) in [6.45, 7) is 6.99. The van der Waals surface area contributed by atoms with Crippen LogP contribution in [0.15, 0.2) is 42.5 Å². The van der Waals surface area contributed by atoms with Crippen molar-refractivity contribution in [2.75, 3.05) is 13.1 Å². The zero-order valence-electron chi connectivity index (χ0n) is 18.0. The van der Waals surface area contributed by atoms with Crippen molar-refractivity contribution in [2.24, 2.45) is 0 Å². The van der Waals surface area contributed by atoms with Crippen LogP contribution in [-0.4, -0.2) is 45.1 Å². The highest BCUT2D eigenvalue weighted by atomic mass is 16.3. The minimum absolute atomic E-state index is 0.0134. The Bertz CT molecular complexity index is 1150. The van der Waals surface area contributed by atoms with Crippen molar-refractivity contribution < 1.29 is 9.90 Å². The lowest BCUT2D eigenvalue weighted by Gasteiger charge is -2.39. The summed E-state index contributed by atoms with van der Waals surface area (Å²) < 4.78 is 0. The van der Waals surface area contributed by atoms with Gasteiger partial charge in [0.1, 0.15) is 5.82 Å². The van der Waals surface area contributed by atoms with Gasteiger partial charge in [0.2, 0.25) is 0 Å². The molecule has 2 heterocycles. The third-order valence-corrected chi connectivity index (χ3v) is 5.82. The van der Waals surface area contributed by atoms with Crippen LogP contribution in [0.25, 0.3) is 11.3 Å². The van der Waals surface area contributed by atoms with Crippen LogP contribution in [0.3, 0.4) is 0 Å². The molecular weight excluding hydrogens is 388 g/mol. The van der Waals surface area contributed by atoms with Crippen molar-refractivity contribution in [3.63, 3.8) is 0 Å². The number of rotatable bonds is 5. The van der Waals surface area contributed by atoms with Crippen molar-refractivity contribution in [3.05, 3.63) is 76.2 Å². The number of nitrogens with one attached hydrogen (secondary N) is 1. The average Bonchev–Trinajstić information content (AvgIpc) is 3.06. The van der Waals surface area contributed by atoms with Gasteiger partial charge in [-0.05, 0) is 56.2 Å². The van der Waals surface area contributed by atoms with Crippen LogP contribution in [0.1, 0.15) is 51.4 Å². The van der Waals surface area contributed by atoms with Crippen LogP contribution in [0.2, 0.25) is 0 Å². The van der Waals surface area contributed by atoms with E-state index in [-0.39, 0.29) is 5.91 Å². The number of nitriles is 1. The summed E-state index contributed by atoms with van der Waals surface area (Å²) in [4.78, 5) is 22.8. The number of imidazole rings is 1. The fourth-order valence-electron chi connectivity index (χ4n) is 4.08. The number of H-pyrrole nitrogens is 1. The summed E-state index contributed by atoms with van der Waals surface area (Å²) in [7, 11) is 0. The van der Waals surface area contributed by atoms with Gasteiger partial charge in [0.05, 0.1) is 29.1 Å². The van der Waals surface area contributed by atoms with E-state index in [0.717, 1.165) is 33.9 Å². The number of amides is 1. The monoisotopic (exact) mass is 414 g/mol. The van der Waals surface area contributed by atoms with E-state index >= 15 is 0 Å². The van der Waals surface area contributed by atoms with Gasteiger partial charge >= 0.3 is 0 Å². The van der Waals surface area contributed by atoms with E-state index in [4.69, 9.17) is 5.26 Å². The molecule has 0 bridgehead atoms. The number of aliphatic hydroxyl groups is 1. The van der Waals surface area contributed by atoms with Crippen molar-refractivity contribution >= 4 is 5.91 Å². The van der Waals surface area contributed by atoms with Crippen LogP contribution in [-0.2, 0) is 6.42 Å². The Morgan fingerprint density at radius 2 is 1.97 bits per heavy atom. The fraction of sp³-hybridized carbons (Fsp3) is 0.320. The molecule has 1 unspecified atom stereocenters. The van der Waals surface area contributed by atoms with E-state index in [1.807, 2.05) is 61.2 Å². The Balaban J connectivity index is 1.53. The van der Waals surface area contributed by atoms with Gasteiger partial charge in [-0.25, -0.2) is 4.98 Å². The summed E-state index contributed by atoms with van der Waals surface area (Å²) >= 11 is 0. The number of carbonyl (C=O) groups excluding carboxylic acids is 1. The normalized spacial score (nSPS) is 14.7. The van der Waals surface area contributed by atoms with Crippen LogP contribution in [0.5, 0.6) is 0 Å². The molecule has 1 saturated heterocycles. The van der Waals surface area contributed by atoms with Crippen LogP contribution in [0, 0.1) is 25.2 Å². The number of carbonyl (C=O) groups is 1. The first-order valence-corrected chi connectivity index (χ1v) is 10.5. The molecule has 4 rings (SSSR count). The van der Waals surface area contributed by atoms with Gasteiger partial charge in [0, 0.05) is 36.6 Å². The van der Waals surface area contributed by atoms with Crippen molar-refractivity contribution in [1.82, 2.24) is 14.9 Å². The second kappa shape index (κ2) is 8.37. The minimum Gasteiger partial charge on any atom is -0.393 e. The highest BCUT2D eigenvalue weighted by Gasteiger charge is 2.32. The highest BCUT2D eigenvalue weighted by molar-refractivity contribution is 5.96. The van der Waals surface area contributed by atoms with Crippen LogP contribution in [0.4, 0.5) is 0 Å². The molecule has 2 N–H and O–H groups in total. The maximum atomic E-state index is 13.1. The molecule has 1 aliphatic rings. The Hall–Kier alpha value is -3.43. The molecule has 0 radical (unpaired) electrons. The van der Waals surface area contributed by atoms with E-state index in [1.54, 1.807) is 6.92 Å². The molecule has 1 aromatic heterocycles. The van der Waals surface area contributed by atoms with Crippen LogP contribution < -0.4 is 0 Å².